The number of unbranched alkanes of at least 4 members (excludes halogenated alkanes) is 1. The number of anilines is 1. The highest BCUT2D eigenvalue weighted by molar-refractivity contribution is 6.30. The van der Waals surface area contributed by atoms with Crippen molar-refractivity contribution in [3.8, 4) is 0 Å². The Morgan fingerprint density at radius 1 is 1.19 bits per heavy atom. The van der Waals surface area contributed by atoms with Gasteiger partial charge in [-0.3, -0.25) is 0 Å². The molecule has 0 fully saturated rings. The van der Waals surface area contributed by atoms with E-state index in [0.717, 1.165) is 6.42 Å². The van der Waals surface area contributed by atoms with Crippen LogP contribution in [0.3, 0.4) is 0 Å². The molecule has 1 heterocycles. The largest absolute Gasteiger partial charge is 0.351 e. The molecule has 1 aromatic heterocycles. The Balaban J connectivity index is 2.49. The summed E-state index contributed by atoms with van der Waals surface area (Å²) in [5.41, 5.74) is 0. The minimum atomic E-state index is 0.478. The second kappa shape index (κ2) is 7.44. The lowest BCUT2D eigenvalue weighted by Gasteiger charge is -2.17. The number of nitrogens with one attached hydrogen (secondary N) is 1. The van der Waals surface area contributed by atoms with Crippen LogP contribution in [0.4, 0.5) is 5.95 Å². The van der Waals surface area contributed by atoms with Crippen LogP contribution in [0.5, 0.6) is 0 Å². The van der Waals surface area contributed by atoms with Gasteiger partial charge in [-0.25, -0.2) is 9.97 Å². The summed E-state index contributed by atoms with van der Waals surface area (Å²) >= 11 is 5.74. The molecule has 1 rings (SSSR count). The molecule has 0 aliphatic rings. The highest BCUT2D eigenvalue weighted by Gasteiger charge is 2.08. The van der Waals surface area contributed by atoms with Crippen molar-refractivity contribution in [2.24, 2.45) is 0 Å². The van der Waals surface area contributed by atoms with E-state index in [1.807, 2.05) is 0 Å². The summed E-state index contributed by atoms with van der Waals surface area (Å²) in [4.78, 5) is 8.31. The summed E-state index contributed by atoms with van der Waals surface area (Å²) in [6, 6.07) is 0.478. The van der Waals surface area contributed by atoms with Gasteiger partial charge in [0.15, 0.2) is 0 Å². The fraction of sp³-hybridized carbons (Fsp3) is 0.667. The molecule has 0 radical (unpaired) electrons. The van der Waals surface area contributed by atoms with Crippen molar-refractivity contribution in [2.75, 3.05) is 5.32 Å². The highest BCUT2D eigenvalue weighted by atomic mass is 35.5. The van der Waals surface area contributed by atoms with Crippen LogP contribution in [0.25, 0.3) is 0 Å². The van der Waals surface area contributed by atoms with E-state index in [9.17, 15) is 0 Å². The summed E-state index contributed by atoms with van der Waals surface area (Å²) in [7, 11) is 0. The zero-order chi connectivity index (χ0) is 11.8. The van der Waals surface area contributed by atoms with Crippen molar-refractivity contribution in [1.29, 1.82) is 0 Å². The number of hydrogen-bond donors (Lipinski definition) is 1. The van der Waals surface area contributed by atoms with Crippen LogP contribution in [-0.4, -0.2) is 16.0 Å². The lowest BCUT2D eigenvalue weighted by Crippen LogP contribution is -2.20. The lowest BCUT2D eigenvalue weighted by atomic mass is 10.1. The number of aromatic nitrogens is 2. The minimum Gasteiger partial charge on any atom is -0.351 e. The van der Waals surface area contributed by atoms with Gasteiger partial charge in [0.1, 0.15) is 0 Å². The van der Waals surface area contributed by atoms with Crippen LogP contribution < -0.4 is 5.32 Å². The van der Waals surface area contributed by atoms with Crippen LogP contribution in [0.15, 0.2) is 12.4 Å². The fourth-order valence-corrected chi connectivity index (χ4v) is 1.75. The zero-order valence-corrected chi connectivity index (χ0v) is 10.8. The molecule has 4 heteroatoms. The molecule has 0 spiro atoms. The molecule has 0 amide bonds. The summed E-state index contributed by atoms with van der Waals surface area (Å²) in [5.74, 6) is 0.680. The van der Waals surface area contributed by atoms with E-state index in [0.29, 0.717) is 17.0 Å². The van der Waals surface area contributed by atoms with Gasteiger partial charge < -0.3 is 5.32 Å². The van der Waals surface area contributed by atoms with Crippen LogP contribution in [0.1, 0.15) is 46.0 Å². The molecule has 3 nitrogen and oxygen atoms in total. The predicted molar refractivity (Wildman–Crippen MR) is 68.9 cm³/mol. The molecular weight excluding hydrogens is 222 g/mol. The first kappa shape index (κ1) is 13.2. The van der Waals surface area contributed by atoms with Gasteiger partial charge in [-0.05, 0) is 12.8 Å². The molecule has 0 saturated heterocycles. The third-order valence-electron chi connectivity index (χ3n) is 2.50. The second-order valence-electron chi connectivity index (χ2n) is 4.00. The SMILES string of the molecule is CCCCC(CCC)Nc1ncc(Cl)cn1. The van der Waals surface area contributed by atoms with Gasteiger partial charge in [-0.1, -0.05) is 44.7 Å². The maximum Gasteiger partial charge on any atom is 0.222 e. The molecule has 0 aliphatic heterocycles. The molecule has 1 N–H and O–H groups in total. The topological polar surface area (TPSA) is 37.8 Å². The third kappa shape index (κ3) is 4.79. The van der Waals surface area contributed by atoms with Gasteiger partial charge in [0, 0.05) is 6.04 Å². The third-order valence-corrected chi connectivity index (χ3v) is 2.69. The second-order valence-corrected chi connectivity index (χ2v) is 4.43. The van der Waals surface area contributed by atoms with E-state index < -0.39 is 0 Å². The van der Waals surface area contributed by atoms with Crippen molar-refractivity contribution in [3.05, 3.63) is 17.4 Å². The fourth-order valence-electron chi connectivity index (χ4n) is 1.66. The summed E-state index contributed by atoms with van der Waals surface area (Å²) < 4.78 is 0. The molecule has 0 aliphatic carbocycles. The number of halogens is 1. The van der Waals surface area contributed by atoms with Gasteiger partial charge in [-0.15, -0.1) is 0 Å². The first-order valence-corrected chi connectivity index (χ1v) is 6.38. The lowest BCUT2D eigenvalue weighted by molar-refractivity contribution is 0.561. The Morgan fingerprint density at radius 2 is 1.88 bits per heavy atom. The Bertz CT molecular complexity index is 287. The molecule has 1 aromatic rings. The Kier molecular flexibility index (Phi) is 6.16. The van der Waals surface area contributed by atoms with Crippen LogP contribution in [0.2, 0.25) is 5.02 Å². The number of nitrogens with zero attached hydrogens (tertiary/aromatic N) is 2. The average molecular weight is 242 g/mol. The van der Waals surface area contributed by atoms with Crippen LogP contribution >= 0.6 is 11.6 Å². The van der Waals surface area contributed by atoms with Gasteiger partial charge in [0.2, 0.25) is 5.95 Å². The Morgan fingerprint density at radius 3 is 2.44 bits per heavy atom. The minimum absolute atomic E-state index is 0.478. The quantitative estimate of drug-likeness (QED) is 0.787. The standard InChI is InChI=1S/C12H20ClN3/c1-3-5-7-11(6-4-2)16-12-14-8-10(13)9-15-12/h8-9,11H,3-7H2,1-2H3,(H,14,15,16). The molecule has 0 saturated carbocycles. The van der Waals surface area contributed by atoms with E-state index in [1.54, 1.807) is 12.4 Å². The monoisotopic (exact) mass is 241 g/mol. The average Bonchev–Trinajstić information content (AvgIpc) is 2.29. The normalized spacial score (nSPS) is 12.4. The first-order chi connectivity index (χ1) is 7.76. The van der Waals surface area contributed by atoms with Crippen molar-refractivity contribution in [1.82, 2.24) is 9.97 Å². The van der Waals surface area contributed by atoms with Crippen molar-refractivity contribution in [2.45, 2.75) is 52.0 Å². The molecule has 0 aromatic carbocycles. The van der Waals surface area contributed by atoms with E-state index >= 15 is 0 Å². The first-order valence-electron chi connectivity index (χ1n) is 6.00. The van der Waals surface area contributed by atoms with E-state index in [-0.39, 0.29) is 0 Å². The molecule has 1 unspecified atom stereocenters. The molecular formula is C12H20ClN3. The summed E-state index contributed by atoms with van der Waals surface area (Å²) in [5, 5.41) is 3.94. The smallest absolute Gasteiger partial charge is 0.222 e. The number of rotatable bonds is 7. The summed E-state index contributed by atoms with van der Waals surface area (Å²) in [6.07, 6.45) is 9.23. The highest BCUT2D eigenvalue weighted by Crippen LogP contribution is 2.12. The molecule has 1 atom stereocenters. The molecule has 0 bridgehead atoms. The van der Waals surface area contributed by atoms with Crippen molar-refractivity contribution >= 4 is 17.5 Å². The maximum absolute atomic E-state index is 5.74. The van der Waals surface area contributed by atoms with Crippen molar-refractivity contribution in [3.63, 3.8) is 0 Å². The van der Waals surface area contributed by atoms with Gasteiger partial charge in [-0.2, -0.15) is 0 Å². The van der Waals surface area contributed by atoms with Crippen molar-refractivity contribution < 1.29 is 0 Å². The van der Waals surface area contributed by atoms with Gasteiger partial charge in [0.05, 0.1) is 17.4 Å². The predicted octanol–water partition coefficient (Wildman–Crippen LogP) is 3.90. The zero-order valence-electron chi connectivity index (χ0n) is 10.0. The van der Waals surface area contributed by atoms with E-state index in [1.165, 1.54) is 25.7 Å². The van der Waals surface area contributed by atoms with E-state index in [2.05, 4.69) is 29.1 Å². The summed E-state index contributed by atoms with van der Waals surface area (Å²) in [6.45, 7) is 4.41. The van der Waals surface area contributed by atoms with Crippen LogP contribution in [0, 0.1) is 0 Å². The van der Waals surface area contributed by atoms with Crippen LogP contribution in [-0.2, 0) is 0 Å². The Labute approximate surface area is 103 Å². The van der Waals surface area contributed by atoms with Gasteiger partial charge in [0.25, 0.3) is 0 Å². The number of hydrogen-bond acceptors (Lipinski definition) is 3. The maximum atomic E-state index is 5.74. The Hall–Kier alpha value is -0.830. The molecule has 90 valence electrons. The molecule has 16 heavy (non-hydrogen) atoms. The van der Waals surface area contributed by atoms with Gasteiger partial charge >= 0.3 is 0 Å². The van der Waals surface area contributed by atoms with E-state index in [4.69, 9.17) is 11.6 Å².